The Hall–Kier alpha value is -4.29. The van der Waals surface area contributed by atoms with Gasteiger partial charge in [0.1, 0.15) is 40.2 Å². The normalized spacial score (nSPS) is 16.3. The van der Waals surface area contributed by atoms with E-state index in [2.05, 4.69) is 29.1 Å². The number of imidazole rings is 1. The molecule has 1 amide bonds. The van der Waals surface area contributed by atoms with Crippen LogP contribution < -0.4 is 15.8 Å². The Bertz CT molecular complexity index is 1710. The summed E-state index contributed by atoms with van der Waals surface area (Å²) in [4.78, 5) is 25.5. The van der Waals surface area contributed by atoms with Gasteiger partial charge in [0.15, 0.2) is 0 Å². The maximum Gasteiger partial charge on any atom is 0.416 e. The number of fused-ring (bicyclic) bond motifs is 1. The number of ether oxygens (including phenoxy) is 1. The first kappa shape index (κ1) is 30.2. The fourth-order valence-electron chi connectivity index (χ4n) is 5.46. The molecule has 1 aromatic carbocycles. The van der Waals surface area contributed by atoms with E-state index in [9.17, 15) is 18.0 Å². The summed E-state index contributed by atoms with van der Waals surface area (Å²) in [6.45, 7) is 8.06. The zero-order valence-electron chi connectivity index (χ0n) is 24.1. The number of nitrogens with zero attached hydrogens (tertiary/aromatic N) is 4. The average Bonchev–Trinajstić information content (AvgIpc) is 3.35. The number of alkyl halides is 3. The number of halogens is 5. The second-order valence-corrected chi connectivity index (χ2v) is 11.8. The van der Waals surface area contributed by atoms with Crippen LogP contribution in [-0.4, -0.2) is 31.9 Å². The highest BCUT2D eigenvalue weighted by molar-refractivity contribution is 6.05. The predicted octanol–water partition coefficient (Wildman–Crippen LogP) is 7.18. The maximum absolute atomic E-state index is 16.0. The Morgan fingerprint density at radius 2 is 1.79 bits per heavy atom. The maximum atomic E-state index is 16.0. The van der Waals surface area contributed by atoms with E-state index >= 15 is 8.78 Å². The average molecular weight is 603 g/mol. The second kappa shape index (κ2) is 10.8. The number of amides is 1. The number of nitrogens with two attached hydrogens (primary N) is 1. The lowest BCUT2D eigenvalue weighted by molar-refractivity contribution is -0.137. The quantitative estimate of drug-likeness (QED) is 0.227. The number of benzene rings is 1. The molecule has 3 aromatic heterocycles. The van der Waals surface area contributed by atoms with E-state index in [0.29, 0.717) is 24.7 Å². The van der Waals surface area contributed by atoms with Crippen molar-refractivity contribution < 1.29 is 31.5 Å². The van der Waals surface area contributed by atoms with E-state index in [4.69, 9.17) is 15.5 Å². The van der Waals surface area contributed by atoms with Crippen LogP contribution in [0.15, 0.2) is 36.7 Å². The standard InChI is InChI=1S/C30H31F5N6O2/c1-5-43-19-13-16(26(42)39-21-14-17(6-11-37-21)30(33,34)35)12-18(31)22(19)23-24-25(36)38-15-20(32)41(24)27(40-23)29(4)9-7-28(2,3)8-10-29/h6,11-15H,5,7-10H2,1-4H3,(H2,36,38)(H,37,39,42). The Balaban J connectivity index is 1.62. The molecule has 3 heterocycles. The molecule has 228 valence electrons. The van der Waals surface area contributed by atoms with Crippen LogP contribution >= 0.6 is 0 Å². The van der Waals surface area contributed by atoms with Crippen LogP contribution in [0, 0.1) is 17.2 Å². The molecule has 4 aromatic rings. The molecular formula is C30H31F5N6O2. The van der Waals surface area contributed by atoms with Gasteiger partial charge >= 0.3 is 6.18 Å². The molecule has 0 atom stereocenters. The van der Waals surface area contributed by atoms with Gasteiger partial charge in [-0.25, -0.2) is 19.3 Å². The summed E-state index contributed by atoms with van der Waals surface area (Å²) in [7, 11) is 0. The number of nitrogen functional groups attached to an aromatic ring is 1. The van der Waals surface area contributed by atoms with Crippen molar-refractivity contribution in [1.82, 2.24) is 19.4 Å². The van der Waals surface area contributed by atoms with Crippen LogP contribution in [0.2, 0.25) is 0 Å². The molecule has 3 N–H and O–H groups in total. The van der Waals surface area contributed by atoms with Crippen molar-refractivity contribution in [2.24, 2.45) is 5.41 Å². The largest absolute Gasteiger partial charge is 0.493 e. The number of hydrogen-bond acceptors (Lipinski definition) is 6. The van der Waals surface area contributed by atoms with Gasteiger partial charge in [-0.15, -0.1) is 0 Å². The summed E-state index contributed by atoms with van der Waals surface area (Å²) >= 11 is 0. The van der Waals surface area contributed by atoms with Crippen LogP contribution in [0.5, 0.6) is 5.75 Å². The minimum atomic E-state index is -4.65. The highest BCUT2D eigenvalue weighted by Crippen LogP contribution is 2.48. The van der Waals surface area contributed by atoms with Gasteiger partial charge in [-0.05, 0) is 62.3 Å². The van der Waals surface area contributed by atoms with Gasteiger partial charge in [0, 0.05) is 17.2 Å². The number of carbonyl (C=O) groups excluding carboxylic acids is 1. The molecule has 0 bridgehead atoms. The zero-order chi connectivity index (χ0) is 31.3. The number of hydrogen-bond donors (Lipinski definition) is 2. The lowest BCUT2D eigenvalue weighted by Crippen LogP contribution is -2.34. The van der Waals surface area contributed by atoms with Crippen molar-refractivity contribution in [2.45, 2.75) is 65.0 Å². The molecule has 13 heteroatoms. The minimum Gasteiger partial charge on any atom is -0.493 e. The molecule has 1 fully saturated rings. The Morgan fingerprint density at radius 3 is 2.44 bits per heavy atom. The van der Waals surface area contributed by atoms with Crippen molar-refractivity contribution >= 4 is 23.1 Å². The zero-order valence-corrected chi connectivity index (χ0v) is 24.1. The predicted molar refractivity (Wildman–Crippen MR) is 151 cm³/mol. The molecule has 0 unspecified atom stereocenters. The SMILES string of the molecule is CCOc1cc(C(=O)Nc2cc(C(F)(F)F)ccn2)cc(F)c1-c1nc(C2(C)CCC(C)(C)CC2)n2c(F)cnc(N)c12. The van der Waals surface area contributed by atoms with Crippen LogP contribution in [0.3, 0.4) is 0 Å². The molecule has 0 aliphatic heterocycles. The number of rotatable bonds is 6. The molecule has 5 rings (SSSR count). The lowest BCUT2D eigenvalue weighted by Gasteiger charge is -2.40. The summed E-state index contributed by atoms with van der Waals surface area (Å²) < 4.78 is 77.8. The number of aromatic nitrogens is 4. The van der Waals surface area contributed by atoms with Gasteiger partial charge in [0.2, 0.25) is 5.95 Å². The molecule has 43 heavy (non-hydrogen) atoms. The third-order valence-corrected chi connectivity index (χ3v) is 8.07. The Kier molecular flexibility index (Phi) is 7.55. The van der Waals surface area contributed by atoms with Crippen LogP contribution in [-0.2, 0) is 11.6 Å². The topological polar surface area (TPSA) is 107 Å². The molecule has 0 spiro atoms. The first-order valence-electron chi connectivity index (χ1n) is 13.8. The number of pyridine rings is 1. The third-order valence-electron chi connectivity index (χ3n) is 8.07. The summed E-state index contributed by atoms with van der Waals surface area (Å²) in [5, 5.41) is 2.26. The highest BCUT2D eigenvalue weighted by Gasteiger charge is 2.41. The molecule has 8 nitrogen and oxygen atoms in total. The third kappa shape index (κ3) is 5.72. The first-order chi connectivity index (χ1) is 20.1. The molecule has 1 aliphatic carbocycles. The molecular weight excluding hydrogens is 571 g/mol. The summed E-state index contributed by atoms with van der Waals surface area (Å²) in [6, 6.07) is 3.57. The monoisotopic (exact) mass is 602 g/mol. The summed E-state index contributed by atoms with van der Waals surface area (Å²) in [5.74, 6) is -2.73. The van der Waals surface area contributed by atoms with Gasteiger partial charge in [0.05, 0.1) is 23.9 Å². The number of nitrogens with one attached hydrogen (secondary N) is 1. The lowest BCUT2D eigenvalue weighted by atomic mass is 9.65. The van der Waals surface area contributed by atoms with Gasteiger partial charge in [0.25, 0.3) is 5.91 Å². The Morgan fingerprint density at radius 1 is 1.09 bits per heavy atom. The molecule has 1 saturated carbocycles. The fourth-order valence-corrected chi connectivity index (χ4v) is 5.46. The van der Waals surface area contributed by atoms with Crippen LogP contribution in [0.25, 0.3) is 16.8 Å². The van der Waals surface area contributed by atoms with Crippen molar-refractivity contribution in [3.63, 3.8) is 0 Å². The second-order valence-electron chi connectivity index (χ2n) is 11.8. The van der Waals surface area contributed by atoms with Gasteiger partial charge < -0.3 is 15.8 Å². The van der Waals surface area contributed by atoms with E-state index in [1.807, 2.05) is 6.92 Å². The first-order valence-corrected chi connectivity index (χ1v) is 13.8. The molecule has 0 saturated heterocycles. The van der Waals surface area contributed by atoms with Crippen molar-refractivity contribution in [2.75, 3.05) is 17.7 Å². The van der Waals surface area contributed by atoms with E-state index in [1.54, 1.807) is 6.92 Å². The number of anilines is 2. The van der Waals surface area contributed by atoms with Crippen molar-refractivity contribution in [3.05, 3.63) is 65.4 Å². The van der Waals surface area contributed by atoms with E-state index in [-0.39, 0.29) is 51.7 Å². The Labute approximate surface area is 244 Å². The summed E-state index contributed by atoms with van der Waals surface area (Å²) in [6.07, 6.45) is 0.417. The van der Waals surface area contributed by atoms with E-state index in [1.165, 1.54) is 10.5 Å². The van der Waals surface area contributed by atoms with Gasteiger partial charge in [-0.2, -0.15) is 17.6 Å². The van der Waals surface area contributed by atoms with Gasteiger partial charge in [-0.1, -0.05) is 20.8 Å². The minimum absolute atomic E-state index is 0.00184. The fraction of sp³-hybridized carbons (Fsp3) is 0.400. The highest BCUT2D eigenvalue weighted by atomic mass is 19.4. The van der Waals surface area contributed by atoms with Crippen LogP contribution in [0.1, 0.15) is 75.1 Å². The van der Waals surface area contributed by atoms with Gasteiger partial charge in [-0.3, -0.25) is 9.20 Å². The molecule has 0 radical (unpaired) electrons. The van der Waals surface area contributed by atoms with Crippen molar-refractivity contribution in [1.29, 1.82) is 0 Å². The summed E-state index contributed by atoms with van der Waals surface area (Å²) in [5.41, 5.74) is 4.44. The smallest absolute Gasteiger partial charge is 0.416 e. The van der Waals surface area contributed by atoms with Crippen molar-refractivity contribution in [3.8, 4) is 17.0 Å². The van der Waals surface area contributed by atoms with E-state index < -0.39 is 34.8 Å². The molecule has 1 aliphatic rings. The van der Waals surface area contributed by atoms with E-state index in [0.717, 1.165) is 37.4 Å². The van der Waals surface area contributed by atoms with Crippen LogP contribution in [0.4, 0.5) is 33.6 Å². The number of carbonyl (C=O) groups is 1.